The van der Waals surface area contributed by atoms with Crippen LogP contribution in [0.1, 0.15) is 11.3 Å². The van der Waals surface area contributed by atoms with E-state index < -0.39 is 0 Å². The molecule has 0 bridgehead atoms. The molecule has 0 aliphatic carbocycles. The van der Waals surface area contributed by atoms with Crippen LogP contribution in [-0.4, -0.2) is 21.7 Å². The minimum absolute atomic E-state index is 0.792. The number of nitrogens with one attached hydrogen (secondary N) is 1. The third-order valence-electron chi connectivity index (χ3n) is 4.23. The van der Waals surface area contributed by atoms with E-state index >= 15 is 0 Å². The minimum Gasteiger partial charge on any atom is -0.496 e. The van der Waals surface area contributed by atoms with E-state index in [2.05, 4.69) is 29.4 Å². The molecule has 5 nitrogen and oxygen atoms in total. The number of hydrogen-bond donors (Lipinski definition) is 1. The molecule has 1 N–H and O–H groups in total. The minimum atomic E-state index is 0.792. The molecule has 130 valence electrons. The number of hydrogen-bond acceptors (Lipinski definition) is 4. The number of ether oxygens (including phenoxy) is 1. The molecule has 4 aromatic rings. The fourth-order valence-electron chi connectivity index (χ4n) is 3.05. The zero-order chi connectivity index (χ0) is 18.1. The van der Waals surface area contributed by atoms with Gasteiger partial charge in [0.05, 0.1) is 12.8 Å². The number of para-hydroxylation sites is 1. The summed E-state index contributed by atoms with van der Waals surface area (Å²) in [5.41, 5.74) is 5.71. The van der Waals surface area contributed by atoms with Crippen molar-refractivity contribution in [2.45, 2.75) is 13.8 Å². The molecule has 4 rings (SSSR count). The summed E-state index contributed by atoms with van der Waals surface area (Å²) in [6, 6.07) is 20.1. The normalized spacial score (nSPS) is 10.9. The number of benzene rings is 2. The van der Waals surface area contributed by atoms with Crippen molar-refractivity contribution in [2.75, 3.05) is 12.4 Å². The van der Waals surface area contributed by atoms with Crippen molar-refractivity contribution in [3.05, 3.63) is 71.9 Å². The molecule has 0 saturated heterocycles. The Hall–Kier alpha value is -3.34. The van der Waals surface area contributed by atoms with Crippen molar-refractivity contribution in [3.8, 4) is 17.0 Å². The van der Waals surface area contributed by atoms with E-state index in [1.807, 2.05) is 60.0 Å². The van der Waals surface area contributed by atoms with Crippen molar-refractivity contribution in [1.29, 1.82) is 0 Å². The predicted molar refractivity (Wildman–Crippen MR) is 104 cm³/mol. The lowest BCUT2D eigenvalue weighted by Crippen LogP contribution is -2.02. The summed E-state index contributed by atoms with van der Waals surface area (Å²) in [6.07, 6.45) is 0. The van der Waals surface area contributed by atoms with Gasteiger partial charge in [-0.1, -0.05) is 24.3 Å². The summed E-state index contributed by atoms with van der Waals surface area (Å²) in [7, 11) is 1.67. The van der Waals surface area contributed by atoms with Crippen LogP contribution >= 0.6 is 0 Å². The lowest BCUT2D eigenvalue weighted by atomic mass is 10.1. The number of aromatic nitrogens is 3. The van der Waals surface area contributed by atoms with E-state index in [1.165, 1.54) is 5.56 Å². The maximum Gasteiger partial charge on any atom is 0.158 e. The van der Waals surface area contributed by atoms with Crippen molar-refractivity contribution < 1.29 is 4.74 Å². The van der Waals surface area contributed by atoms with E-state index in [9.17, 15) is 0 Å². The summed E-state index contributed by atoms with van der Waals surface area (Å²) >= 11 is 0. The summed E-state index contributed by atoms with van der Waals surface area (Å²) in [4.78, 5) is 4.62. The van der Waals surface area contributed by atoms with Gasteiger partial charge in [-0.2, -0.15) is 9.61 Å². The van der Waals surface area contributed by atoms with Crippen LogP contribution in [0.4, 0.5) is 11.5 Å². The van der Waals surface area contributed by atoms with E-state index in [4.69, 9.17) is 9.84 Å². The van der Waals surface area contributed by atoms with Crippen LogP contribution in [0.15, 0.2) is 60.7 Å². The van der Waals surface area contributed by atoms with Crippen LogP contribution in [0.3, 0.4) is 0 Å². The number of rotatable bonds is 4. The molecule has 5 heteroatoms. The summed E-state index contributed by atoms with van der Waals surface area (Å²) in [6.45, 7) is 4.06. The summed E-state index contributed by atoms with van der Waals surface area (Å²) in [5, 5.41) is 8.21. The number of anilines is 2. The molecular formula is C21H20N4O. The fourth-order valence-corrected chi connectivity index (χ4v) is 3.05. The van der Waals surface area contributed by atoms with Gasteiger partial charge in [0.2, 0.25) is 0 Å². The largest absolute Gasteiger partial charge is 0.496 e. The first-order valence-corrected chi connectivity index (χ1v) is 8.48. The molecular weight excluding hydrogens is 324 g/mol. The number of nitrogens with zero attached hydrogens (tertiary/aromatic N) is 3. The second-order valence-corrected chi connectivity index (χ2v) is 6.28. The van der Waals surface area contributed by atoms with Crippen molar-refractivity contribution >= 4 is 17.2 Å². The second kappa shape index (κ2) is 6.52. The lowest BCUT2D eigenvalue weighted by Gasteiger charge is -2.10. The van der Waals surface area contributed by atoms with Crippen LogP contribution in [0.2, 0.25) is 0 Å². The smallest absolute Gasteiger partial charge is 0.158 e. The molecule has 0 unspecified atom stereocenters. The van der Waals surface area contributed by atoms with Crippen molar-refractivity contribution in [2.24, 2.45) is 0 Å². The van der Waals surface area contributed by atoms with Gasteiger partial charge in [0.1, 0.15) is 11.6 Å². The maximum atomic E-state index is 5.47. The van der Waals surface area contributed by atoms with Crippen LogP contribution in [-0.2, 0) is 0 Å². The molecule has 0 spiro atoms. The van der Waals surface area contributed by atoms with Gasteiger partial charge in [0, 0.05) is 29.1 Å². The van der Waals surface area contributed by atoms with Crippen molar-refractivity contribution in [3.63, 3.8) is 0 Å². The molecule has 2 aromatic carbocycles. The van der Waals surface area contributed by atoms with Gasteiger partial charge < -0.3 is 10.1 Å². The van der Waals surface area contributed by atoms with Gasteiger partial charge in [-0.05, 0) is 43.7 Å². The Labute approximate surface area is 152 Å². The summed E-state index contributed by atoms with van der Waals surface area (Å²) in [5.74, 6) is 1.67. The first-order chi connectivity index (χ1) is 12.6. The SMILES string of the molecule is COc1ccccc1-c1cc2nc(C)cc(Nc3cccc(C)c3)n2n1. The lowest BCUT2D eigenvalue weighted by molar-refractivity contribution is 0.416. The van der Waals surface area contributed by atoms with Crippen LogP contribution in [0, 0.1) is 13.8 Å². The molecule has 2 aromatic heterocycles. The quantitative estimate of drug-likeness (QED) is 0.580. The summed E-state index contributed by atoms with van der Waals surface area (Å²) < 4.78 is 7.30. The van der Waals surface area contributed by atoms with E-state index in [0.29, 0.717) is 0 Å². The zero-order valence-corrected chi connectivity index (χ0v) is 15.0. The van der Waals surface area contributed by atoms with Gasteiger partial charge in [0.25, 0.3) is 0 Å². The van der Waals surface area contributed by atoms with Crippen LogP contribution < -0.4 is 10.1 Å². The van der Waals surface area contributed by atoms with Crippen LogP contribution in [0.25, 0.3) is 16.9 Å². The Kier molecular flexibility index (Phi) is 4.05. The molecule has 0 amide bonds. The average molecular weight is 344 g/mol. The van der Waals surface area contributed by atoms with Gasteiger partial charge in [-0.15, -0.1) is 0 Å². The first-order valence-electron chi connectivity index (χ1n) is 8.48. The highest BCUT2D eigenvalue weighted by Gasteiger charge is 2.13. The average Bonchev–Trinajstić information content (AvgIpc) is 3.05. The molecule has 26 heavy (non-hydrogen) atoms. The van der Waals surface area contributed by atoms with Gasteiger partial charge in [-0.25, -0.2) is 4.98 Å². The third-order valence-corrected chi connectivity index (χ3v) is 4.23. The third kappa shape index (κ3) is 2.99. The predicted octanol–water partition coefficient (Wildman–Crippen LogP) is 4.77. The Bertz CT molecular complexity index is 1080. The van der Waals surface area contributed by atoms with Crippen LogP contribution in [0.5, 0.6) is 5.75 Å². The zero-order valence-electron chi connectivity index (χ0n) is 15.0. The molecule has 0 atom stereocenters. The van der Waals surface area contributed by atoms with Gasteiger partial charge in [0.15, 0.2) is 5.65 Å². The Morgan fingerprint density at radius 3 is 2.62 bits per heavy atom. The monoisotopic (exact) mass is 344 g/mol. The van der Waals surface area contributed by atoms with Gasteiger partial charge >= 0.3 is 0 Å². The molecule has 0 radical (unpaired) electrons. The Balaban J connectivity index is 1.83. The highest BCUT2D eigenvalue weighted by atomic mass is 16.5. The van der Waals surface area contributed by atoms with E-state index in [0.717, 1.165) is 39.9 Å². The number of methoxy groups -OCH3 is 1. The standard InChI is InChI=1S/C21H20N4O/c1-14-7-6-8-16(11-14)23-20-12-15(2)22-21-13-18(24-25(20)21)17-9-4-5-10-19(17)26-3/h4-13,23H,1-3H3. The number of aryl methyl sites for hydroxylation is 2. The molecule has 0 aliphatic rings. The van der Waals surface area contributed by atoms with E-state index in [1.54, 1.807) is 7.11 Å². The maximum absolute atomic E-state index is 5.47. The topological polar surface area (TPSA) is 51.5 Å². The van der Waals surface area contributed by atoms with Gasteiger partial charge in [-0.3, -0.25) is 0 Å². The molecule has 0 saturated carbocycles. The molecule has 0 fully saturated rings. The van der Waals surface area contributed by atoms with E-state index in [-0.39, 0.29) is 0 Å². The Morgan fingerprint density at radius 2 is 1.81 bits per heavy atom. The first kappa shape index (κ1) is 16.1. The molecule has 2 heterocycles. The fraction of sp³-hybridized carbons (Fsp3) is 0.143. The van der Waals surface area contributed by atoms with Crippen molar-refractivity contribution in [1.82, 2.24) is 14.6 Å². The highest BCUT2D eigenvalue weighted by molar-refractivity contribution is 5.72. The molecule has 0 aliphatic heterocycles. The highest BCUT2D eigenvalue weighted by Crippen LogP contribution is 2.30. The number of fused-ring (bicyclic) bond motifs is 1. The Morgan fingerprint density at radius 1 is 0.962 bits per heavy atom. The second-order valence-electron chi connectivity index (χ2n) is 6.28.